The molecule has 1 saturated heterocycles. The lowest BCUT2D eigenvalue weighted by Gasteiger charge is -2.16. The molecule has 1 unspecified atom stereocenters. The molecule has 0 aliphatic carbocycles. The van der Waals surface area contributed by atoms with Crippen LogP contribution in [0.5, 0.6) is 0 Å². The molecular weight excluding hydrogens is 204 g/mol. The van der Waals surface area contributed by atoms with Crippen LogP contribution in [-0.4, -0.2) is 48.2 Å². The number of carbonyl (C=O) groups excluding carboxylic acids is 1. The average Bonchev–Trinajstić information content (AvgIpc) is 2.62. The Kier molecular flexibility index (Phi) is 5.77. The Morgan fingerprint density at radius 1 is 1.56 bits per heavy atom. The molecule has 1 atom stereocenters. The van der Waals surface area contributed by atoms with Crippen LogP contribution in [0.4, 0.5) is 0 Å². The minimum absolute atomic E-state index is 0.139. The number of likely N-dealkylation sites (tertiary alicyclic amines) is 1. The zero-order valence-electron chi connectivity index (χ0n) is 10.4. The number of amides is 1. The molecule has 0 aromatic rings. The lowest BCUT2D eigenvalue weighted by atomic mass is 10.1. The third-order valence-corrected chi connectivity index (χ3v) is 3.01. The van der Waals surface area contributed by atoms with Crippen LogP contribution in [0.15, 0.2) is 0 Å². The minimum Gasteiger partial charge on any atom is -0.396 e. The number of carbonyl (C=O) groups is 1. The summed E-state index contributed by atoms with van der Waals surface area (Å²) in [4.78, 5) is 13.8. The van der Waals surface area contributed by atoms with Crippen molar-refractivity contribution >= 4 is 5.91 Å². The summed E-state index contributed by atoms with van der Waals surface area (Å²) in [6, 6.07) is 0.230. The normalized spacial score (nSPS) is 21.6. The van der Waals surface area contributed by atoms with Crippen LogP contribution in [0.2, 0.25) is 0 Å². The van der Waals surface area contributed by atoms with Crippen LogP contribution >= 0.6 is 0 Å². The van der Waals surface area contributed by atoms with E-state index in [0.717, 1.165) is 32.5 Å². The summed E-state index contributed by atoms with van der Waals surface area (Å²) in [5, 5.41) is 11.7. The maximum atomic E-state index is 11.4. The van der Waals surface area contributed by atoms with Crippen LogP contribution in [0, 0.1) is 5.92 Å². The van der Waals surface area contributed by atoms with Crippen molar-refractivity contribution in [1.29, 1.82) is 0 Å². The van der Waals surface area contributed by atoms with E-state index in [1.54, 1.807) is 0 Å². The van der Waals surface area contributed by atoms with Crippen molar-refractivity contribution < 1.29 is 9.90 Å². The second-order valence-electron chi connectivity index (χ2n) is 4.94. The first-order valence-corrected chi connectivity index (χ1v) is 6.24. The summed E-state index contributed by atoms with van der Waals surface area (Å²) in [5.74, 6) is 0.763. The van der Waals surface area contributed by atoms with E-state index in [1.165, 1.54) is 0 Å². The van der Waals surface area contributed by atoms with Crippen molar-refractivity contribution in [3.63, 3.8) is 0 Å². The number of hydrogen-bond donors (Lipinski definition) is 2. The van der Waals surface area contributed by atoms with Gasteiger partial charge >= 0.3 is 0 Å². The van der Waals surface area contributed by atoms with E-state index < -0.39 is 0 Å². The standard InChI is InChI=1S/C12H24N2O2/c1-10(2)13-12(16)4-7-14-6-3-11(9-14)5-8-15/h10-11,15H,3-9H2,1-2H3,(H,13,16). The van der Waals surface area contributed by atoms with Crippen LogP contribution in [0.1, 0.15) is 33.1 Å². The molecular formula is C12H24N2O2. The van der Waals surface area contributed by atoms with E-state index in [2.05, 4.69) is 10.2 Å². The van der Waals surface area contributed by atoms with Crippen LogP contribution in [0.25, 0.3) is 0 Å². The third kappa shape index (κ3) is 4.94. The topological polar surface area (TPSA) is 52.6 Å². The zero-order chi connectivity index (χ0) is 12.0. The van der Waals surface area contributed by atoms with Gasteiger partial charge in [-0.3, -0.25) is 4.79 Å². The smallest absolute Gasteiger partial charge is 0.221 e. The number of rotatable bonds is 6. The molecule has 1 aliphatic heterocycles. The van der Waals surface area contributed by atoms with Gasteiger partial charge in [0.25, 0.3) is 0 Å². The number of hydrogen-bond acceptors (Lipinski definition) is 3. The maximum absolute atomic E-state index is 11.4. The lowest BCUT2D eigenvalue weighted by Crippen LogP contribution is -2.33. The number of nitrogens with zero attached hydrogens (tertiary/aromatic N) is 1. The van der Waals surface area contributed by atoms with Crippen LogP contribution in [-0.2, 0) is 4.79 Å². The van der Waals surface area contributed by atoms with Crippen LogP contribution in [0.3, 0.4) is 0 Å². The Hall–Kier alpha value is -0.610. The Balaban J connectivity index is 2.12. The Morgan fingerprint density at radius 2 is 2.31 bits per heavy atom. The van der Waals surface area contributed by atoms with Crippen molar-refractivity contribution in [3.05, 3.63) is 0 Å². The summed E-state index contributed by atoms with van der Waals surface area (Å²) in [6.07, 6.45) is 2.64. The number of nitrogens with one attached hydrogen (secondary N) is 1. The number of aliphatic hydroxyl groups is 1. The molecule has 1 fully saturated rings. The molecule has 1 amide bonds. The highest BCUT2D eigenvalue weighted by atomic mass is 16.3. The molecule has 1 rings (SSSR count). The van der Waals surface area contributed by atoms with Gasteiger partial charge in [0.05, 0.1) is 0 Å². The van der Waals surface area contributed by atoms with Gasteiger partial charge < -0.3 is 15.3 Å². The van der Waals surface area contributed by atoms with Gasteiger partial charge in [-0.2, -0.15) is 0 Å². The molecule has 94 valence electrons. The van der Waals surface area contributed by atoms with Gasteiger partial charge in [-0.1, -0.05) is 0 Å². The lowest BCUT2D eigenvalue weighted by molar-refractivity contribution is -0.121. The highest BCUT2D eigenvalue weighted by Crippen LogP contribution is 2.18. The molecule has 16 heavy (non-hydrogen) atoms. The largest absolute Gasteiger partial charge is 0.396 e. The molecule has 0 spiro atoms. The van der Waals surface area contributed by atoms with Crippen molar-refractivity contribution in [2.75, 3.05) is 26.2 Å². The molecule has 0 aromatic heterocycles. The van der Waals surface area contributed by atoms with Crippen molar-refractivity contribution in [2.24, 2.45) is 5.92 Å². The molecule has 4 heteroatoms. The Morgan fingerprint density at radius 3 is 2.94 bits per heavy atom. The van der Waals surface area contributed by atoms with E-state index in [9.17, 15) is 4.79 Å². The summed E-state index contributed by atoms with van der Waals surface area (Å²) >= 11 is 0. The summed E-state index contributed by atoms with van der Waals surface area (Å²) in [7, 11) is 0. The zero-order valence-corrected chi connectivity index (χ0v) is 10.4. The third-order valence-electron chi connectivity index (χ3n) is 3.01. The van der Waals surface area contributed by atoms with Crippen molar-refractivity contribution in [1.82, 2.24) is 10.2 Å². The summed E-state index contributed by atoms with van der Waals surface area (Å²) in [5.41, 5.74) is 0. The first-order valence-electron chi connectivity index (χ1n) is 6.24. The van der Waals surface area contributed by atoms with Gasteiger partial charge in [0.15, 0.2) is 0 Å². The molecule has 0 aromatic carbocycles. The van der Waals surface area contributed by atoms with Crippen LogP contribution < -0.4 is 5.32 Å². The summed E-state index contributed by atoms with van der Waals surface area (Å²) in [6.45, 7) is 7.19. The Bertz CT molecular complexity index is 219. The number of aliphatic hydroxyl groups excluding tert-OH is 1. The Labute approximate surface area is 98.0 Å². The van der Waals surface area contributed by atoms with E-state index >= 15 is 0 Å². The molecule has 0 bridgehead atoms. The first kappa shape index (κ1) is 13.5. The second-order valence-corrected chi connectivity index (χ2v) is 4.94. The molecule has 0 radical (unpaired) electrons. The highest BCUT2D eigenvalue weighted by molar-refractivity contribution is 5.76. The fourth-order valence-corrected chi connectivity index (χ4v) is 2.19. The van der Waals surface area contributed by atoms with Gasteiger partial charge in [0, 0.05) is 32.2 Å². The van der Waals surface area contributed by atoms with Gasteiger partial charge in [-0.25, -0.2) is 0 Å². The fourth-order valence-electron chi connectivity index (χ4n) is 2.19. The van der Waals surface area contributed by atoms with E-state index in [1.807, 2.05) is 13.8 Å². The van der Waals surface area contributed by atoms with Gasteiger partial charge in [0.1, 0.15) is 0 Å². The van der Waals surface area contributed by atoms with E-state index in [0.29, 0.717) is 12.3 Å². The predicted molar refractivity (Wildman–Crippen MR) is 64.1 cm³/mol. The quantitative estimate of drug-likeness (QED) is 0.700. The first-order chi connectivity index (χ1) is 7.61. The predicted octanol–water partition coefficient (Wildman–Crippen LogP) is 0.605. The minimum atomic E-state index is 0.139. The fraction of sp³-hybridized carbons (Fsp3) is 0.917. The molecule has 4 nitrogen and oxygen atoms in total. The van der Waals surface area contributed by atoms with Gasteiger partial charge in [0.2, 0.25) is 5.91 Å². The van der Waals surface area contributed by atoms with Gasteiger partial charge in [-0.05, 0) is 39.2 Å². The molecule has 1 heterocycles. The van der Waals surface area contributed by atoms with E-state index in [-0.39, 0.29) is 18.6 Å². The molecule has 0 saturated carbocycles. The van der Waals surface area contributed by atoms with E-state index in [4.69, 9.17) is 5.11 Å². The second kappa shape index (κ2) is 6.86. The highest BCUT2D eigenvalue weighted by Gasteiger charge is 2.21. The molecule has 2 N–H and O–H groups in total. The summed E-state index contributed by atoms with van der Waals surface area (Å²) < 4.78 is 0. The monoisotopic (exact) mass is 228 g/mol. The van der Waals surface area contributed by atoms with Crippen molar-refractivity contribution in [2.45, 2.75) is 39.2 Å². The van der Waals surface area contributed by atoms with Gasteiger partial charge in [-0.15, -0.1) is 0 Å². The SMILES string of the molecule is CC(C)NC(=O)CCN1CCC(CCO)C1. The maximum Gasteiger partial charge on any atom is 0.221 e. The van der Waals surface area contributed by atoms with Crippen molar-refractivity contribution in [3.8, 4) is 0 Å². The average molecular weight is 228 g/mol. The molecule has 1 aliphatic rings.